The van der Waals surface area contributed by atoms with Crippen LogP contribution in [0.4, 0.5) is 5.69 Å². The zero-order chi connectivity index (χ0) is 6.69. The van der Waals surface area contributed by atoms with Gasteiger partial charge >= 0.3 is 0 Å². The molecule has 4 heteroatoms. The van der Waals surface area contributed by atoms with E-state index in [2.05, 4.69) is 4.98 Å². The number of hydrogen-bond acceptors (Lipinski definition) is 3. The average Bonchev–Trinajstić information content (AvgIpc) is 1.88. The molecule has 0 aliphatic heterocycles. The Balaban J connectivity index is 3.08. The van der Waals surface area contributed by atoms with Crippen molar-refractivity contribution in [1.29, 1.82) is 0 Å². The molecule has 0 unspecified atom stereocenters. The minimum absolute atomic E-state index is 0.242. The molecule has 1 aromatic heterocycles. The molecule has 48 valence electrons. The molecule has 1 aromatic rings. The molecule has 0 aliphatic rings. The van der Waals surface area contributed by atoms with E-state index in [-0.39, 0.29) is 5.56 Å². The monoisotopic (exact) mass is 126 g/mol. The second-order valence-corrected chi connectivity index (χ2v) is 1.55. The zero-order valence-corrected chi connectivity index (χ0v) is 4.59. The van der Waals surface area contributed by atoms with Crippen LogP contribution in [0.1, 0.15) is 0 Å². The van der Waals surface area contributed by atoms with E-state index in [1.807, 2.05) is 5.48 Å². The van der Waals surface area contributed by atoms with Gasteiger partial charge in [-0.3, -0.25) is 15.5 Å². The molecule has 0 radical (unpaired) electrons. The third kappa shape index (κ3) is 1.30. The van der Waals surface area contributed by atoms with E-state index < -0.39 is 0 Å². The Bertz CT molecular complexity index is 243. The van der Waals surface area contributed by atoms with Crippen LogP contribution in [0.25, 0.3) is 0 Å². The SMILES string of the molecule is O=c1cc(NO)cc[nH]1. The van der Waals surface area contributed by atoms with Crippen LogP contribution >= 0.6 is 0 Å². The molecule has 9 heavy (non-hydrogen) atoms. The lowest BCUT2D eigenvalue weighted by Gasteiger charge is -1.92. The average molecular weight is 126 g/mol. The summed E-state index contributed by atoms with van der Waals surface area (Å²) in [5, 5.41) is 8.26. The number of aromatic amines is 1. The van der Waals surface area contributed by atoms with Crippen molar-refractivity contribution in [3.8, 4) is 0 Å². The highest BCUT2D eigenvalue weighted by Gasteiger charge is 1.85. The van der Waals surface area contributed by atoms with Crippen molar-refractivity contribution < 1.29 is 5.21 Å². The van der Waals surface area contributed by atoms with Crippen LogP contribution in [0.3, 0.4) is 0 Å². The van der Waals surface area contributed by atoms with Gasteiger partial charge in [-0.05, 0) is 6.07 Å². The number of nitrogens with one attached hydrogen (secondary N) is 2. The van der Waals surface area contributed by atoms with Gasteiger partial charge in [-0.2, -0.15) is 0 Å². The zero-order valence-electron chi connectivity index (χ0n) is 4.59. The van der Waals surface area contributed by atoms with Gasteiger partial charge in [0.2, 0.25) is 5.56 Å². The number of rotatable bonds is 1. The summed E-state index contributed by atoms with van der Waals surface area (Å²) in [6.45, 7) is 0. The van der Waals surface area contributed by atoms with Gasteiger partial charge in [0.05, 0.1) is 5.69 Å². The fourth-order valence-corrected chi connectivity index (χ4v) is 0.514. The fraction of sp³-hybridized carbons (Fsp3) is 0. The minimum Gasteiger partial charge on any atom is -0.329 e. The Morgan fingerprint density at radius 1 is 1.67 bits per heavy atom. The highest BCUT2D eigenvalue weighted by molar-refractivity contribution is 5.37. The molecule has 3 N–H and O–H groups in total. The van der Waals surface area contributed by atoms with E-state index in [1.54, 1.807) is 6.07 Å². The van der Waals surface area contributed by atoms with E-state index in [0.29, 0.717) is 5.69 Å². The number of hydrogen-bond donors (Lipinski definition) is 3. The topological polar surface area (TPSA) is 65.1 Å². The van der Waals surface area contributed by atoms with Gasteiger partial charge in [0.25, 0.3) is 0 Å². The van der Waals surface area contributed by atoms with Crippen molar-refractivity contribution in [3.05, 3.63) is 28.7 Å². The molecule has 0 fully saturated rings. The van der Waals surface area contributed by atoms with Crippen molar-refractivity contribution in [2.24, 2.45) is 0 Å². The molecular weight excluding hydrogens is 120 g/mol. The fourth-order valence-electron chi connectivity index (χ4n) is 0.514. The predicted octanol–water partition coefficient (Wildman–Crippen LogP) is 0.176. The Morgan fingerprint density at radius 3 is 2.89 bits per heavy atom. The van der Waals surface area contributed by atoms with Gasteiger partial charge in [0, 0.05) is 12.3 Å². The van der Waals surface area contributed by atoms with Gasteiger partial charge in [0.15, 0.2) is 0 Å². The van der Waals surface area contributed by atoms with Crippen LogP contribution in [0, 0.1) is 0 Å². The molecule has 0 amide bonds. The Kier molecular flexibility index (Phi) is 1.51. The standard InChI is InChI=1S/C5H6N2O2/c8-5-3-4(7-9)1-2-6-5/h1-3,9H,(H2,6,7,8). The maximum absolute atomic E-state index is 10.4. The smallest absolute Gasteiger partial charge is 0.250 e. The Morgan fingerprint density at radius 2 is 2.44 bits per heavy atom. The lowest BCUT2D eigenvalue weighted by Crippen LogP contribution is -2.03. The summed E-state index contributed by atoms with van der Waals surface area (Å²) in [7, 11) is 0. The van der Waals surface area contributed by atoms with Crippen LogP contribution in [0.5, 0.6) is 0 Å². The highest BCUT2D eigenvalue weighted by Crippen LogP contribution is 1.95. The van der Waals surface area contributed by atoms with Crippen LogP contribution in [0.15, 0.2) is 23.1 Å². The van der Waals surface area contributed by atoms with Crippen molar-refractivity contribution in [2.45, 2.75) is 0 Å². The van der Waals surface area contributed by atoms with Crippen molar-refractivity contribution in [2.75, 3.05) is 5.48 Å². The summed E-state index contributed by atoms with van der Waals surface area (Å²) in [4.78, 5) is 12.8. The van der Waals surface area contributed by atoms with E-state index in [1.165, 1.54) is 12.3 Å². The minimum atomic E-state index is -0.242. The van der Waals surface area contributed by atoms with E-state index >= 15 is 0 Å². The third-order valence-electron chi connectivity index (χ3n) is 0.904. The van der Waals surface area contributed by atoms with Crippen LogP contribution in [0.2, 0.25) is 0 Å². The van der Waals surface area contributed by atoms with Gasteiger partial charge in [-0.25, -0.2) is 0 Å². The molecule has 0 saturated heterocycles. The molecule has 0 aliphatic carbocycles. The lowest BCUT2D eigenvalue weighted by atomic mass is 10.4. The first-order valence-electron chi connectivity index (χ1n) is 2.42. The Labute approximate surface area is 51.1 Å². The maximum Gasteiger partial charge on any atom is 0.250 e. The quantitative estimate of drug-likeness (QED) is 0.470. The van der Waals surface area contributed by atoms with Crippen LogP contribution in [-0.2, 0) is 0 Å². The van der Waals surface area contributed by atoms with E-state index in [9.17, 15) is 4.79 Å². The normalized spacial score (nSPS) is 9.00. The molecule has 4 nitrogen and oxygen atoms in total. The number of pyridine rings is 1. The molecule has 0 bridgehead atoms. The van der Waals surface area contributed by atoms with Crippen molar-refractivity contribution in [3.63, 3.8) is 0 Å². The number of anilines is 1. The van der Waals surface area contributed by atoms with Gasteiger partial charge < -0.3 is 4.98 Å². The Hall–Kier alpha value is -1.29. The first-order chi connectivity index (χ1) is 4.33. The molecule has 1 rings (SSSR count). The largest absolute Gasteiger partial charge is 0.329 e. The van der Waals surface area contributed by atoms with Gasteiger partial charge in [0.1, 0.15) is 0 Å². The lowest BCUT2D eigenvalue weighted by molar-refractivity contribution is 0.388. The second kappa shape index (κ2) is 2.32. The summed E-state index contributed by atoms with van der Waals surface area (Å²) >= 11 is 0. The van der Waals surface area contributed by atoms with E-state index in [0.717, 1.165) is 0 Å². The summed E-state index contributed by atoms with van der Waals surface area (Å²) in [5.41, 5.74) is 1.99. The summed E-state index contributed by atoms with van der Waals surface area (Å²) in [5.74, 6) is 0. The molecule has 0 aromatic carbocycles. The summed E-state index contributed by atoms with van der Waals surface area (Å²) < 4.78 is 0. The van der Waals surface area contributed by atoms with E-state index in [4.69, 9.17) is 5.21 Å². The van der Waals surface area contributed by atoms with Crippen LogP contribution < -0.4 is 11.0 Å². The van der Waals surface area contributed by atoms with Crippen molar-refractivity contribution >= 4 is 5.69 Å². The summed E-state index contributed by atoms with van der Waals surface area (Å²) in [6.07, 6.45) is 1.45. The third-order valence-corrected chi connectivity index (χ3v) is 0.904. The maximum atomic E-state index is 10.4. The predicted molar refractivity (Wildman–Crippen MR) is 32.5 cm³/mol. The van der Waals surface area contributed by atoms with Crippen LogP contribution in [-0.4, -0.2) is 10.2 Å². The first-order valence-corrected chi connectivity index (χ1v) is 2.42. The highest BCUT2D eigenvalue weighted by atomic mass is 16.5. The van der Waals surface area contributed by atoms with Crippen molar-refractivity contribution in [1.82, 2.24) is 4.98 Å². The second-order valence-electron chi connectivity index (χ2n) is 1.55. The molecule has 0 saturated carbocycles. The summed E-state index contributed by atoms with van der Waals surface area (Å²) in [6, 6.07) is 2.79. The number of H-pyrrole nitrogens is 1. The molecule has 0 atom stereocenters. The van der Waals surface area contributed by atoms with Gasteiger partial charge in [-0.15, -0.1) is 0 Å². The molecular formula is C5H6N2O2. The molecule has 1 heterocycles. The molecule has 0 spiro atoms. The number of aromatic nitrogens is 1. The van der Waals surface area contributed by atoms with Gasteiger partial charge in [-0.1, -0.05) is 0 Å². The first kappa shape index (κ1) is 5.84.